The highest BCUT2D eigenvalue weighted by atomic mass is 32.1. The Morgan fingerprint density at radius 3 is 2.48 bits per heavy atom. The smallest absolute Gasteiger partial charge is 0.307 e. The van der Waals surface area contributed by atoms with Gasteiger partial charge in [-0.2, -0.15) is 0 Å². The quantitative estimate of drug-likeness (QED) is 0.592. The summed E-state index contributed by atoms with van der Waals surface area (Å²) in [4.78, 5) is 38.8. The summed E-state index contributed by atoms with van der Waals surface area (Å²) in [5.41, 5.74) is 3.72. The number of thiophene rings is 1. The van der Waals surface area contributed by atoms with Crippen molar-refractivity contribution < 1.29 is 19.5 Å². The van der Waals surface area contributed by atoms with Gasteiger partial charge in [-0.15, -0.1) is 11.3 Å². The molecule has 31 heavy (non-hydrogen) atoms. The summed E-state index contributed by atoms with van der Waals surface area (Å²) in [6.07, 6.45) is 7.12. The molecule has 0 aliphatic heterocycles. The zero-order valence-corrected chi connectivity index (χ0v) is 18.3. The molecule has 2 amide bonds. The van der Waals surface area contributed by atoms with E-state index >= 15 is 0 Å². The SMILES string of the molecule is Cc1ccc(CNC(=O)c2c(NC(=O)[C@H]3CC=CC[C@H]3C(=O)O)sc3c2CCC3)cc1. The van der Waals surface area contributed by atoms with Crippen LogP contribution in [-0.4, -0.2) is 22.9 Å². The first-order valence-electron chi connectivity index (χ1n) is 10.6. The van der Waals surface area contributed by atoms with Crippen molar-refractivity contribution in [1.29, 1.82) is 0 Å². The lowest BCUT2D eigenvalue weighted by atomic mass is 9.82. The highest BCUT2D eigenvalue weighted by Gasteiger charge is 2.35. The fourth-order valence-corrected chi connectivity index (χ4v) is 5.58. The van der Waals surface area contributed by atoms with Crippen molar-refractivity contribution in [3.63, 3.8) is 0 Å². The maximum atomic E-state index is 13.1. The second kappa shape index (κ2) is 9.06. The van der Waals surface area contributed by atoms with Crippen LogP contribution >= 0.6 is 11.3 Å². The van der Waals surface area contributed by atoms with Gasteiger partial charge in [0.2, 0.25) is 5.91 Å². The fraction of sp³-hybridized carbons (Fsp3) is 0.375. The van der Waals surface area contributed by atoms with Gasteiger partial charge < -0.3 is 15.7 Å². The van der Waals surface area contributed by atoms with E-state index in [9.17, 15) is 19.5 Å². The highest BCUT2D eigenvalue weighted by molar-refractivity contribution is 7.17. The summed E-state index contributed by atoms with van der Waals surface area (Å²) in [5.74, 6) is -2.87. The third-order valence-corrected chi connectivity index (χ3v) is 7.25. The van der Waals surface area contributed by atoms with Crippen LogP contribution in [0.5, 0.6) is 0 Å². The zero-order chi connectivity index (χ0) is 22.0. The Morgan fingerprint density at radius 1 is 1.06 bits per heavy atom. The Bertz CT molecular complexity index is 1040. The van der Waals surface area contributed by atoms with Crippen molar-refractivity contribution in [2.24, 2.45) is 11.8 Å². The monoisotopic (exact) mass is 438 g/mol. The highest BCUT2D eigenvalue weighted by Crippen LogP contribution is 2.40. The minimum atomic E-state index is -0.964. The molecule has 0 bridgehead atoms. The number of rotatable bonds is 6. The summed E-state index contributed by atoms with van der Waals surface area (Å²) in [7, 11) is 0. The van der Waals surface area contributed by atoms with Gasteiger partial charge in [0.1, 0.15) is 5.00 Å². The number of anilines is 1. The van der Waals surface area contributed by atoms with Crippen molar-refractivity contribution in [3.8, 4) is 0 Å². The molecule has 0 radical (unpaired) electrons. The van der Waals surface area contributed by atoms with Gasteiger partial charge in [-0.3, -0.25) is 14.4 Å². The molecule has 0 saturated heterocycles. The summed E-state index contributed by atoms with van der Waals surface area (Å²) in [5, 5.41) is 15.9. The number of aryl methyl sites for hydroxylation is 2. The first kappa shape index (κ1) is 21.3. The first-order chi connectivity index (χ1) is 14.9. The van der Waals surface area contributed by atoms with Gasteiger partial charge in [0.25, 0.3) is 5.91 Å². The van der Waals surface area contributed by atoms with E-state index in [0.29, 0.717) is 30.0 Å². The fourth-order valence-electron chi connectivity index (χ4n) is 4.29. The number of benzene rings is 1. The minimum Gasteiger partial charge on any atom is -0.481 e. The lowest BCUT2D eigenvalue weighted by molar-refractivity contribution is -0.146. The van der Waals surface area contributed by atoms with Crippen LogP contribution in [0.15, 0.2) is 36.4 Å². The predicted molar refractivity (Wildman–Crippen MR) is 120 cm³/mol. The number of carbonyl (C=O) groups is 3. The second-order valence-corrected chi connectivity index (χ2v) is 9.32. The van der Waals surface area contributed by atoms with Gasteiger partial charge in [-0.1, -0.05) is 42.0 Å². The largest absolute Gasteiger partial charge is 0.481 e. The number of hydrogen-bond donors (Lipinski definition) is 3. The average molecular weight is 439 g/mol. The lowest BCUT2D eigenvalue weighted by Crippen LogP contribution is -2.35. The number of nitrogens with one attached hydrogen (secondary N) is 2. The molecule has 2 aliphatic carbocycles. The molecule has 0 unspecified atom stereocenters. The number of amides is 2. The Labute approximate surface area is 185 Å². The predicted octanol–water partition coefficient (Wildman–Crippen LogP) is 4.08. The minimum absolute atomic E-state index is 0.200. The maximum absolute atomic E-state index is 13.1. The number of carboxylic acids is 1. The van der Waals surface area contributed by atoms with Gasteiger partial charge in [-0.05, 0) is 50.2 Å². The van der Waals surface area contributed by atoms with E-state index in [4.69, 9.17) is 0 Å². The molecular weight excluding hydrogens is 412 g/mol. The van der Waals surface area contributed by atoms with Crippen LogP contribution in [0, 0.1) is 18.8 Å². The normalized spacial score (nSPS) is 19.6. The van der Waals surface area contributed by atoms with E-state index in [0.717, 1.165) is 40.8 Å². The molecule has 6 nitrogen and oxygen atoms in total. The van der Waals surface area contributed by atoms with E-state index in [1.54, 1.807) is 0 Å². The Kier molecular flexibility index (Phi) is 6.23. The molecule has 0 fully saturated rings. The number of hydrogen-bond acceptors (Lipinski definition) is 4. The van der Waals surface area contributed by atoms with Crippen LogP contribution in [0.1, 0.15) is 51.2 Å². The van der Waals surface area contributed by atoms with Crippen LogP contribution in [-0.2, 0) is 29.0 Å². The van der Waals surface area contributed by atoms with Gasteiger partial charge in [-0.25, -0.2) is 0 Å². The number of fused-ring (bicyclic) bond motifs is 1. The van der Waals surface area contributed by atoms with E-state index in [-0.39, 0.29) is 11.8 Å². The third kappa shape index (κ3) is 4.56. The molecule has 2 atom stereocenters. The Balaban J connectivity index is 1.53. The molecule has 0 spiro atoms. The molecule has 2 aromatic rings. The Morgan fingerprint density at radius 2 is 1.77 bits per heavy atom. The molecule has 1 heterocycles. The standard InChI is InChI=1S/C24H26N2O4S/c1-14-9-11-15(12-10-14)13-25-22(28)20-18-7-4-8-19(18)31-23(20)26-21(27)16-5-2-3-6-17(16)24(29)30/h2-3,9-12,16-17H,4-8,13H2,1H3,(H,25,28)(H,26,27)(H,29,30)/t16-,17+/m0/s1. The molecular formula is C24H26N2O4S. The molecule has 2 aliphatic rings. The number of carboxylic acid groups (broad SMARTS) is 1. The first-order valence-corrected chi connectivity index (χ1v) is 11.4. The van der Waals surface area contributed by atoms with Crippen LogP contribution in [0.2, 0.25) is 0 Å². The molecule has 7 heteroatoms. The van der Waals surface area contributed by atoms with Gasteiger partial charge >= 0.3 is 5.97 Å². The number of allylic oxidation sites excluding steroid dienone is 2. The molecule has 4 rings (SSSR count). The van der Waals surface area contributed by atoms with Gasteiger partial charge in [0.05, 0.1) is 17.4 Å². The topological polar surface area (TPSA) is 95.5 Å². The number of carbonyl (C=O) groups excluding carboxylic acids is 2. The third-order valence-electron chi connectivity index (χ3n) is 6.05. The van der Waals surface area contributed by atoms with Crippen LogP contribution in [0.4, 0.5) is 5.00 Å². The summed E-state index contributed by atoms with van der Waals surface area (Å²) in [6.45, 7) is 2.43. The molecule has 0 saturated carbocycles. The summed E-state index contributed by atoms with van der Waals surface area (Å²) >= 11 is 1.44. The van der Waals surface area contributed by atoms with Crippen molar-refractivity contribution >= 4 is 34.1 Å². The summed E-state index contributed by atoms with van der Waals surface area (Å²) < 4.78 is 0. The molecule has 1 aromatic heterocycles. The number of aliphatic carboxylic acids is 1. The van der Waals surface area contributed by atoms with E-state index in [2.05, 4.69) is 10.6 Å². The van der Waals surface area contributed by atoms with Crippen molar-refractivity contribution in [2.75, 3.05) is 5.32 Å². The summed E-state index contributed by atoms with van der Waals surface area (Å²) in [6, 6.07) is 7.98. The van der Waals surface area contributed by atoms with Crippen LogP contribution in [0.3, 0.4) is 0 Å². The van der Waals surface area contributed by atoms with E-state index in [1.807, 2.05) is 43.3 Å². The second-order valence-electron chi connectivity index (χ2n) is 8.21. The van der Waals surface area contributed by atoms with Crippen molar-refractivity contribution in [3.05, 3.63) is 63.5 Å². The molecule has 1 aromatic carbocycles. The Hall–Kier alpha value is -2.93. The zero-order valence-electron chi connectivity index (χ0n) is 17.4. The van der Waals surface area contributed by atoms with Gasteiger partial charge in [0.15, 0.2) is 0 Å². The maximum Gasteiger partial charge on any atom is 0.307 e. The molecule has 3 N–H and O–H groups in total. The van der Waals surface area contributed by atoms with Crippen molar-refractivity contribution in [2.45, 2.75) is 45.6 Å². The average Bonchev–Trinajstić information content (AvgIpc) is 3.34. The molecule has 162 valence electrons. The van der Waals surface area contributed by atoms with Crippen LogP contribution in [0.25, 0.3) is 0 Å². The lowest BCUT2D eigenvalue weighted by Gasteiger charge is -2.24. The van der Waals surface area contributed by atoms with Crippen molar-refractivity contribution in [1.82, 2.24) is 5.32 Å². The van der Waals surface area contributed by atoms with E-state index in [1.165, 1.54) is 11.3 Å². The van der Waals surface area contributed by atoms with Gasteiger partial charge in [0, 0.05) is 11.4 Å². The van der Waals surface area contributed by atoms with Crippen LogP contribution < -0.4 is 10.6 Å². The van der Waals surface area contributed by atoms with E-state index < -0.39 is 17.8 Å².